The second kappa shape index (κ2) is 7.47. The van der Waals surface area contributed by atoms with Gasteiger partial charge in [-0.25, -0.2) is 0 Å². The highest BCUT2D eigenvalue weighted by molar-refractivity contribution is 5.83. The number of hydrogen-bond acceptors (Lipinski definition) is 1. The predicted octanol–water partition coefficient (Wildman–Crippen LogP) is 7.79. The van der Waals surface area contributed by atoms with Crippen LogP contribution in [0.2, 0.25) is 0 Å². The standard InChI is InChI=1S/C27H31N/c1-19(2)17-27(18-20(3)4)25-13-9-8-12-23(25)24-15-14-22(16-26(24)27)28-21-10-6-5-7-11-21/h5-16,19-20,28H,17-18H2,1-4H3. The summed E-state index contributed by atoms with van der Waals surface area (Å²) < 4.78 is 0. The molecule has 1 N–H and O–H groups in total. The van der Waals surface area contributed by atoms with Gasteiger partial charge >= 0.3 is 0 Å². The monoisotopic (exact) mass is 369 g/mol. The Morgan fingerprint density at radius 2 is 1.25 bits per heavy atom. The van der Waals surface area contributed by atoms with Gasteiger partial charge in [-0.15, -0.1) is 0 Å². The van der Waals surface area contributed by atoms with E-state index in [-0.39, 0.29) is 5.41 Å². The minimum atomic E-state index is 0.0998. The Hall–Kier alpha value is -2.54. The van der Waals surface area contributed by atoms with E-state index in [4.69, 9.17) is 0 Å². The maximum atomic E-state index is 3.60. The van der Waals surface area contributed by atoms with Gasteiger partial charge in [-0.3, -0.25) is 0 Å². The van der Waals surface area contributed by atoms with Crippen LogP contribution in [-0.4, -0.2) is 0 Å². The van der Waals surface area contributed by atoms with Crippen molar-refractivity contribution in [2.24, 2.45) is 11.8 Å². The number of benzene rings is 3. The van der Waals surface area contributed by atoms with Crippen molar-refractivity contribution in [3.63, 3.8) is 0 Å². The highest BCUT2D eigenvalue weighted by Crippen LogP contribution is 2.55. The van der Waals surface area contributed by atoms with Crippen molar-refractivity contribution in [3.05, 3.63) is 83.9 Å². The fourth-order valence-electron chi connectivity index (χ4n) is 5.14. The zero-order chi connectivity index (χ0) is 19.7. The molecular weight excluding hydrogens is 338 g/mol. The van der Waals surface area contributed by atoms with Crippen LogP contribution in [0.3, 0.4) is 0 Å². The van der Waals surface area contributed by atoms with Crippen molar-refractivity contribution < 1.29 is 0 Å². The molecule has 1 aliphatic rings. The average molecular weight is 370 g/mol. The summed E-state index contributed by atoms with van der Waals surface area (Å²) >= 11 is 0. The van der Waals surface area contributed by atoms with E-state index in [0.29, 0.717) is 11.8 Å². The van der Waals surface area contributed by atoms with E-state index in [0.717, 1.165) is 5.69 Å². The van der Waals surface area contributed by atoms with Crippen LogP contribution in [0.25, 0.3) is 11.1 Å². The number of anilines is 2. The van der Waals surface area contributed by atoms with Gasteiger partial charge in [-0.05, 0) is 71.2 Å². The first-order valence-electron chi connectivity index (χ1n) is 10.6. The lowest BCUT2D eigenvalue weighted by atomic mass is 9.68. The summed E-state index contributed by atoms with van der Waals surface area (Å²) in [4.78, 5) is 0. The molecule has 0 atom stereocenters. The average Bonchev–Trinajstić information content (AvgIpc) is 2.91. The minimum Gasteiger partial charge on any atom is -0.356 e. The highest BCUT2D eigenvalue weighted by atomic mass is 14.9. The van der Waals surface area contributed by atoms with Crippen molar-refractivity contribution in [1.29, 1.82) is 0 Å². The van der Waals surface area contributed by atoms with Crippen LogP contribution in [0, 0.1) is 11.8 Å². The molecule has 1 heteroatoms. The van der Waals surface area contributed by atoms with Crippen molar-refractivity contribution >= 4 is 11.4 Å². The Morgan fingerprint density at radius 1 is 0.643 bits per heavy atom. The number of rotatable bonds is 6. The van der Waals surface area contributed by atoms with Gasteiger partial charge in [0.05, 0.1) is 0 Å². The van der Waals surface area contributed by atoms with E-state index < -0.39 is 0 Å². The van der Waals surface area contributed by atoms with E-state index in [1.807, 2.05) is 0 Å². The van der Waals surface area contributed by atoms with Crippen molar-refractivity contribution in [1.82, 2.24) is 0 Å². The Labute approximate surface area is 169 Å². The minimum absolute atomic E-state index is 0.0998. The number of nitrogens with one attached hydrogen (secondary N) is 1. The number of hydrogen-bond donors (Lipinski definition) is 1. The second-order valence-electron chi connectivity index (χ2n) is 9.08. The molecule has 0 amide bonds. The smallest absolute Gasteiger partial charge is 0.0387 e. The first kappa shape index (κ1) is 18.8. The fraction of sp³-hybridized carbons (Fsp3) is 0.333. The Balaban J connectivity index is 1.86. The fourth-order valence-corrected chi connectivity index (χ4v) is 5.14. The quantitative estimate of drug-likeness (QED) is 0.467. The van der Waals surface area contributed by atoms with E-state index >= 15 is 0 Å². The Kier molecular flexibility index (Phi) is 5.02. The molecular formula is C27H31N. The SMILES string of the molecule is CC(C)CC1(CC(C)C)c2ccccc2-c2ccc(Nc3ccccc3)cc21. The molecule has 1 aliphatic carbocycles. The molecule has 0 radical (unpaired) electrons. The van der Waals surface area contributed by atoms with E-state index in [1.165, 1.54) is 40.8 Å². The lowest BCUT2D eigenvalue weighted by Crippen LogP contribution is -2.29. The van der Waals surface area contributed by atoms with E-state index in [2.05, 4.69) is 106 Å². The lowest BCUT2D eigenvalue weighted by molar-refractivity contribution is 0.337. The zero-order valence-electron chi connectivity index (χ0n) is 17.5. The first-order chi connectivity index (χ1) is 13.5. The highest BCUT2D eigenvalue weighted by Gasteiger charge is 2.43. The van der Waals surface area contributed by atoms with Gasteiger partial charge in [0.25, 0.3) is 0 Å². The van der Waals surface area contributed by atoms with Gasteiger partial charge in [-0.1, -0.05) is 76.2 Å². The van der Waals surface area contributed by atoms with Crippen LogP contribution >= 0.6 is 0 Å². The molecule has 0 unspecified atom stereocenters. The van der Waals surface area contributed by atoms with Gasteiger partial charge in [0.1, 0.15) is 0 Å². The van der Waals surface area contributed by atoms with Gasteiger partial charge in [0.2, 0.25) is 0 Å². The molecule has 3 aromatic rings. The molecule has 0 fully saturated rings. The third-order valence-electron chi connectivity index (χ3n) is 5.84. The van der Waals surface area contributed by atoms with Crippen LogP contribution in [0.1, 0.15) is 51.7 Å². The number of fused-ring (bicyclic) bond motifs is 3. The molecule has 0 aromatic heterocycles. The van der Waals surface area contributed by atoms with Gasteiger partial charge in [0, 0.05) is 16.8 Å². The normalized spacial score (nSPS) is 14.2. The third kappa shape index (κ3) is 3.35. The van der Waals surface area contributed by atoms with Crippen LogP contribution in [-0.2, 0) is 5.41 Å². The van der Waals surface area contributed by atoms with E-state index in [9.17, 15) is 0 Å². The molecule has 28 heavy (non-hydrogen) atoms. The third-order valence-corrected chi connectivity index (χ3v) is 5.84. The summed E-state index contributed by atoms with van der Waals surface area (Å²) in [5.41, 5.74) is 8.26. The van der Waals surface area contributed by atoms with Gasteiger partial charge in [-0.2, -0.15) is 0 Å². The van der Waals surface area contributed by atoms with Crippen LogP contribution < -0.4 is 5.32 Å². The van der Waals surface area contributed by atoms with Crippen LogP contribution in [0.15, 0.2) is 72.8 Å². The summed E-state index contributed by atoms with van der Waals surface area (Å²) in [6, 6.07) is 26.5. The molecule has 3 aromatic carbocycles. The molecule has 0 aliphatic heterocycles. The van der Waals surface area contributed by atoms with Crippen molar-refractivity contribution in [2.75, 3.05) is 5.32 Å². The zero-order valence-corrected chi connectivity index (χ0v) is 17.5. The lowest BCUT2D eigenvalue weighted by Gasteiger charge is -2.36. The summed E-state index contributed by atoms with van der Waals surface area (Å²) in [5.74, 6) is 1.28. The Bertz CT molecular complexity index is 943. The summed E-state index contributed by atoms with van der Waals surface area (Å²) in [6.45, 7) is 9.42. The largest absolute Gasteiger partial charge is 0.356 e. The van der Waals surface area contributed by atoms with Crippen LogP contribution in [0.5, 0.6) is 0 Å². The van der Waals surface area contributed by atoms with E-state index in [1.54, 1.807) is 0 Å². The first-order valence-corrected chi connectivity index (χ1v) is 10.6. The van der Waals surface area contributed by atoms with Crippen molar-refractivity contribution in [3.8, 4) is 11.1 Å². The predicted molar refractivity (Wildman–Crippen MR) is 121 cm³/mol. The molecule has 0 spiro atoms. The molecule has 144 valence electrons. The molecule has 1 nitrogen and oxygen atoms in total. The van der Waals surface area contributed by atoms with Crippen molar-refractivity contribution in [2.45, 2.75) is 46.0 Å². The molecule has 4 rings (SSSR count). The van der Waals surface area contributed by atoms with Gasteiger partial charge < -0.3 is 5.32 Å². The topological polar surface area (TPSA) is 12.0 Å². The second-order valence-corrected chi connectivity index (χ2v) is 9.08. The van der Waals surface area contributed by atoms with Crippen LogP contribution in [0.4, 0.5) is 11.4 Å². The maximum Gasteiger partial charge on any atom is 0.0387 e. The molecule has 0 saturated heterocycles. The summed E-state index contributed by atoms with van der Waals surface area (Å²) in [7, 11) is 0. The molecule has 0 bridgehead atoms. The van der Waals surface area contributed by atoms with Gasteiger partial charge in [0.15, 0.2) is 0 Å². The summed E-state index contributed by atoms with van der Waals surface area (Å²) in [5, 5.41) is 3.60. The molecule has 0 saturated carbocycles. The maximum absolute atomic E-state index is 3.60. The number of para-hydroxylation sites is 1. The Morgan fingerprint density at radius 3 is 1.93 bits per heavy atom. The molecule has 0 heterocycles. The summed E-state index contributed by atoms with van der Waals surface area (Å²) in [6.07, 6.45) is 2.37.